The van der Waals surface area contributed by atoms with Gasteiger partial charge in [0.15, 0.2) is 0 Å². The van der Waals surface area contributed by atoms with E-state index in [2.05, 4.69) is 10.2 Å². The minimum absolute atomic E-state index is 0.0111. The smallest absolute Gasteiger partial charge is 0.277 e. The molecule has 0 fully saturated rings. The maximum atomic E-state index is 12.4. The summed E-state index contributed by atoms with van der Waals surface area (Å²) in [6.07, 6.45) is 0. The number of aromatic nitrogens is 2. The van der Waals surface area contributed by atoms with Crippen LogP contribution in [0.3, 0.4) is 0 Å². The van der Waals surface area contributed by atoms with Crippen molar-refractivity contribution in [2.75, 3.05) is 31.8 Å². The van der Waals surface area contributed by atoms with Crippen molar-refractivity contribution >= 4 is 23.4 Å². The van der Waals surface area contributed by atoms with E-state index in [0.717, 1.165) is 22.4 Å². The van der Waals surface area contributed by atoms with Gasteiger partial charge in [-0.3, -0.25) is 4.79 Å². The van der Waals surface area contributed by atoms with Gasteiger partial charge in [0.25, 0.3) is 5.22 Å². The quantitative estimate of drug-likeness (QED) is 0.565. The van der Waals surface area contributed by atoms with Gasteiger partial charge in [0.05, 0.1) is 5.75 Å². The van der Waals surface area contributed by atoms with E-state index in [1.165, 1.54) is 11.8 Å². The predicted molar refractivity (Wildman–Crippen MR) is 112 cm³/mol. The zero-order valence-corrected chi connectivity index (χ0v) is 17.4. The van der Waals surface area contributed by atoms with Gasteiger partial charge in [0, 0.05) is 38.9 Å². The molecule has 6 nitrogen and oxygen atoms in total. The third kappa shape index (κ3) is 5.13. The van der Waals surface area contributed by atoms with Crippen molar-refractivity contribution in [1.82, 2.24) is 15.1 Å². The van der Waals surface area contributed by atoms with Gasteiger partial charge in [0.1, 0.15) is 0 Å². The topological polar surface area (TPSA) is 62.5 Å². The van der Waals surface area contributed by atoms with Gasteiger partial charge in [-0.05, 0) is 36.8 Å². The van der Waals surface area contributed by atoms with Gasteiger partial charge >= 0.3 is 0 Å². The molecule has 0 bridgehead atoms. The van der Waals surface area contributed by atoms with Gasteiger partial charge in [-0.2, -0.15) is 0 Å². The molecule has 1 aromatic heterocycles. The molecule has 0 spiro atoms. The molecule has 0 N–H and O–H groups in total. The molecular weight excluding hydrogens is 372 g/mol. The van der Waals surface area contributed by atoms with Crippen molar-refractivity contribution in [3.05, 3.63) is 59.7 Å². The summed E-state index contributed by atoms with van der Waals surface area (Å²) < 4.78 is 5.67. The lowest BCUT2D eigenvalue weighted by Crippen LogP contribution is -2.27. The van der Waals surface area contributed by atoms with Crippen LogP contribution in [-0.4, -0.2) is 47.9 Å². The molecule has 7 heteroatoms. The van der Waals surface area contributed by atoms with Crippen molar-refractivity contribution in [1.29, 1.82) is 0 Å². The van der Waals surface area contributed by atoms with Crippen molar-refractivity contribution in [2.45, 2.75) is 18.7 Å². The average Bonchev–Trinajstić information content (AvgIpc) is 3.15. The van der Waals surface area contributed by atoms with Gasteiger partial charge in [-0.15, -0.1) is 10.2 Å². The Morgan fingerprint density at radius 3 is 2.50 bits per heavy atom. The van der Waals surface area contributed by atoms with E-state index >= 15 is 0 Å². The summed E-state index contributed by atoms with van der Waals surface area (Å²) in [6.45, 7) is 2.57. The zero-order chi connectivity index (χ0) is 20.1. The maximum Gasteiger partial charge on any atom is 0.277 e. The first kappa shape index (κ1) is 19.9. The minimum atomic E-state index is 0.0111. The Hall–Kier alpha value is -2.80. The van der Waals surface area contributed by atoms with E-state index in [0.29, 0.717) is 17.7 Å². The van der Waals surface area contributed by atoms with Gasteiger partial charge in [-0.1, -0.05) is 41.6 Å². The Labute approximate surface area is 169 Å². The normalized spacial score (nSPS) is 10.7. The Balaban J connectivity index is 1.53. The first-order chi connectivity index (χ1) is 13.4. The second-order valence-electron chi connectivity index (χ2n) is 6.84. The summed E-state index contributed by atoms with van der Waals surface area (Å²) >= 11 is 1.26. The number of rotatable bonds is 7. The highest BCUT2D eigenvalue weighted by molar-refractivity contribution is 7.99. The molecule has 0 saturated carbocycles. The van der Waals surface area contributed by atoms with Crippen molar-refractivity contribution in [3.63, 3.8) is 0 Å². The van der Waals surface area contributed by atoms with E-state index in [4.69, 9.17) is 4.42 Å². The predicted octanol–water partition coefficient (Wildman–Crippen LogP) is 3.86. The molecule has 0 radical (unpaired) electrons. The zero-order valence-electron chi connectivity index (χ0n) is 16.5. The van der Waals surface area contributed by atoms with Crippen LogP contribution in [0.1, 0.15) is 11.1 Å². The number of aryl methyl sites for hydroxylation is 1. The van der Waals surface area contributed by atoms with E-state index in [-0.39, 0.29) is 11.7 Å². The molecule has 0 aliphatic carbocycles. The second kappa shape index (κ2) is 8.93. The standard InChI is InChI=1S/C21H24N4O2S/c1-15-6-5-7-17(12-15)20-22-23-21(27-20)28-14-19(26)25(4)13-16-8-10-18(11-9-16)24(2)3/h5-12H,13-14H2,1-4H3. The number of thioether (sulfide) groups is 1. The molecule has 1 heterocycles. The molecule has 0 aliphatic heterocycles. The Bertz CT molecular complexity index is 938. The lowest BCUT2D eigenvalue weighted by Gasteiger charge is -2.18. The fraction of sp³-hybridized carbons (Fsp3) is 0.286. The number of nitrogens with zero attached hydrogens (tertiary/aromatic N) is 4. The van der Waals surface area contributed by atoms with Crippen molar-refractivity contribution < 1.29 is 9.21 Å². The minimum Gasteiger partial charge on any atom is -0.411 e. The first-order valence-electron chi connectivity index (χ1n) is 8.96. The number of carbonyl (C=O) groups excluding carboxylic acids is 1. The Kier molecular flexibility index (Phi) is 6.36. The van der Waals surface area contributed by atoms with E-state index in [9.17, 15) is 4.79 Å². The summed E-state index contributed by atoms with van der Waals surface area (Å²) in [7, 11) is 5.81. The van der Waals surface area contributed by atoms with Gasteiger partial charge < -0.3 is 14.2 Å². The monoisotopic (exact) mass is 396 g/mol. The van der Waals surface area contributed by atoms with Crippen molar-refractivity contribution in [3.8, 4) is 11.5 Å². The van der Waals surface area contributed by atoms with Crippen LogP contribution >= 0.6 is 11.8 Å². The number of carbonyl (C=O) groups is 1. The summed E-state index contributed by atoms with van der Waals surface area (Å²) in [5.41, 5.74) is 4.23. The summed E-state index contributed by atoms with van der Waals surface area (Å²) in [6, 6.07) is 16.1. The van der Waals surface area contributed by atoms with Crippen LogP contribution in [0.25, 0.3) is 11.5 Å². The molecule has 0 saturated heterocycles. The van der Waals surface area contributed by atoms with Crippen LogP contribution in [-0.2, 0) is 11.3 Å². The molecule has 1 amide bonds. The van der Waals surface area contributed by atoms with Crippen LogP contribution in [0.15, 0.2) is 58.2 Å². The Morgan fingerprint density at radius 1 is 1.07 bits per heavy atom. The largest absolute Gasteiger partial charge is 0.411 e. The summed E-state index contributed by atoms with van der Waals surface area (Å²) in [5, 5.41) is 8.51. The number of anilines is 1. The highest BCUT2D eigenvalue weighted by Gasteiger charge is 2.14. The fourth-order valence-electron chi connectivity index (χ4n) is 2.66. The number of benzene rings is 2. The van der Waals surface area contributed by atoms with Crippen LogP contribution in [0, 0.1) is 6.92 Å². The molecule has 2 aromatic carbocycles. The third-order valence-corrected chi connectivity index (χ3v) is 5.09. The second-order valence-corrected chi connectivity index (χ2v) is 7.77. The molecule has 146 valence electrons. The van der Waals surface area contributed by atoms with Gasteiger partial charge in [-0.25, -0.2) is 0 Å². The van der Waals surface area contributed by atoms with E-state index < -0.39 is 0 Å². The number of hydrogen-bond acceptors (Lipinski definition) is 6. The van der Waals surface area contributed by atoms with Crippen LogP contribution in [0.5, 0.6) is 0 Å². The van der Waals surface area contributed by atoms with E-state index in [1.54, 1.807) is 11.9 Å². The lowest BCUT2D eigenvalue weighted by molar-refractivity contribution is -0.127. The molecule has 3 rings (SSSR count). The van der Waals surface area contributed by atoms with Crippen LogP contribution < -0.4 is 4.90 Å². The fourth-order valence-corrected chi connectivity index (χ4v) is 3.36. The molecule has 0 atom stereocenters. The molecular formula is C21H24N4O2S. The molecule has 0 unspecified atom stereocenters. The Morgan fingerprint density at radius 2 is 1.82 bits per heavy atom. The van der Waals surface area contributed by atoms with Crippen LogP contribution in [0.2, 0.25) is 0 Å². The molecule has 3 aromatic rings. The SMILES string of the molecule is Cc1cccc(-c2nnc(SCC(=O)N(C)Cc3ccc(N(C)C)cc3)o2)c1. The number of hydrogen-bond donors (Lipinski definition) is 0. The van der Waals surface area contributed by atoms with Crippen LogP contribution in [0.4, 0.5) is 5.69 Å². The highest BCUT2D eigenvalue weighted by Crippen LogP contribution is 2.24. The summed E-state index contributed by atoms with van der Waals surface area (Å²) in [5.74, 6) is 0.729. The number of amides is 1. The highest BCUT2D eigenvalue weighted by atomic mass is 32.2. The lowest BCUT2D eigenvalue weighted by atomic mass is 10.1. The van der Waals surface area contributed by atoms with Gasteiger partial charge in [0.2, 0.25) is 11.8 Å². The molecule has 28 heavy (non-hydrogen) atoms. The summed E-state index contributed by atoms with van der Waals surface area (Å²) in [4.78, 5) is 16.2. The average molecular weight is 397 g/mol. The molecule has 0 aliphatic rings. The maximum absolute atomic E-state index is 12.4. The first-order valence-corrected chi connectivity index (χ1v) is 9.94. The third-order valence-electron chi connectivity index (χ3n) is 4.29. The van der Waals surface area contributed by atoms with Crippen molar-refractivity contribution in [2.24, 2.45) is 0 Å². The van der Waals surface area contributed by atoms with E-state index in [1.807, 2.05) is 74.4 Å².